The molecule has 9 heteroatoms. The van der Waals surface area contributed by atoms with Crippen molar-refractivity contribution in [1.29, 1.82) is 0 Å². The van der Waals surface area contributed by atoms with Crippen LogP contribution in [0.25, 0.3) is 16.5 Å². The average molecular weight is 574 g/mol. The average Bonchev–Trinajstić information content (AvgIpc) is 3.63. The Morgan fingerprint density at radius 1 is 1.17 bits per heavy atom. The van der Waals surface area contributed by atoms with Gasteiger partial charge in [0, 0.05) is 36.0 Å². The molecule has 1 aromatic heterocycles. The van der Waals surface area contributed by atoms with Crippen LogP contribution >= 0.6 is 0 Å². The molecule has 6 rings (SSSR count). The van der Waals surface area contributed by atoms with Crippen LogP contribution in [0, 0.1) is 0 Å². The largest absolute Gasteiger partial charge is 0.496 e. The lowest BCUT2D eigenvalue weighted by molar-refractivity contribution is -0.141. The molecule has 2 aromatic carbocycles. The van der Waals surface area contributed by atoms with Gasteiger partial charge >= 0.3 is 5.97 Å². The fourth-order valence-corrected chi connectivity index (χ4v) is 6.28. The Labute approximate surface area is 243 Å². The van der Waals surface area contributed by atoms with Crippen LogP contribution in [0.1, 0.15) is 68.2 Å². The highest BCUT2D eigenvalue weighted by molar-refractivity contribution is 5.98. The summed E-state index contributed by atoms with van der Waals surface area (Å²) in [4.78, 5) is 29.5. The van der Waals surface area contributed by atoms with Crippen molar-refractivity contribution in [3.8, 4) is 17.2 Å². The molecule has 2 aliphatic heterocycles. The van der Waals surface area contributed by atoms with E-state index in [4.69, 9.17) is 18.9 Å². The summed E-state index contributed by atoms with van der Waals surface area (Å²) < 4.78 is 23.6. The van der Waals surface area contributed by atoms with Gasteiger partial charge in [-0.2, -0.15) is 0 Å². The number of ketones is 1. The maximum Gasteiger partial charge on any atom is 0.374 e. The van der Waals surface area contributed by atoms with E-state index in [1.165, 1.54) is 0 Å². The third-order valence-corrected chi connectivity index (χ3v) is 8.46. The monoisotopic (exact) mass is 573 g/mol. The Bertz CT molecular complexity index is 1650. The van der Waals surface area contributed by atoms with Gasteiger partial charge in [0.25, 0.3) is 0 Å². The predicted octanol–water partition coefficient (Wildman–Crippen LogP) is 4.87. The Hall–Kier alpha value is -4.08. The molecule has 0 unspecified atom stereocenters. The zero-order valence-corrected chi connectivity index (χ0v) is 24.2. The highest BCUT2D eigenvalue weighted by Gasteiger charge is 2.43. The summed E-state index contributed by atoms with van der Waals surface area (Å²) in [5.74, 6) is 0.268. The number of aromatic amines is 1. The number of carbonyl (C=O) groups is 2. The standard InChI is InChI=1S/C33H35NO8/c1-5-40-32(37)26-14-21(18-7-9-25(36)20(13-18)17-6-8-24-19(12-17)10-11-34-24)28-30(39-4)22-15-27(33(2,3)38)42-29(22)23(16-35)31(28)41-26/h6,8,10-12,14,20,27,34-35,38H,5,7,9,13,15-16H2,1-4H3/b21-18-/t20-,27-/m0/s1. The molecule has 220 valence electrons. The number of H-pyrrole nitrogens is 1. The van der Waals surface area contributed by atoms with E-state index in [9.17, 15) is 19.8 Å². The zero-order valence-electron chi connectivity index (χ0n) is 24.2. The number of hydrogen-bond donors (Lipinski definition) is 3. The lowest BCUT2D eigenvalue weighted by Crippen LogP contribution is -2.39. The van der Waals surface area contributed by atoms with Crippen LogP contribution < -0.4 is 14.2 Å². The number of ether oxygens (including phenoxy) is 4. The van der Waals surface area contributed by atoms with Crippen molar-refractivity contribution in [3.63, 3.8) is 0 Å². The summed E-state index contributed by atoms with van der Waals surface area (Å²) in [7, 11) is 1.55. The number of rotatable bonds is 6. The molecule has 0 saturated heterocycles. The third-order valence-electron chi connectivity index (χ3n) is 8.46. The van der Waals surface area contributed by atoms with Gasteiger partial charge in [-0.3, -0.25) is 4.79 Å². The quantitative estimate of drug-likeness (QED) is 0.357. The Morgan fingerprint density at radius 2 is 1.98 bits per heavy atom. The summed E-state index contributed by atoms with van der Waals surface area (Å²) >= 11 is 0. The van der Waals surface area contributed by atoms with Gasteiger partial charge in [-0.25, -0.2) is 4.79 Å². The summed E-state index contributed by atoms with van der Waals surface area (Å²) in [6, 6.07) is 8.00. The number of aliphatic hydroxyl groups is 2. The summed E-state index contributed by atoms with van der Waals surface area (Å²) in [5.41, 5.74) is 4.13. The van der Waals surface area contributed by atoms with E-state index in [2.05, 4.69) is 4.98 Å². The number of aromatic nitrogens is 1. The smallest absolute Gasteiger partial charge is 0.374 e. The Balaban J connectivity index is 1.54. The highest BCUT2D eigenvalue weighted by atomic mass is 16.6. The number of methoxy groups -OCH3 is 1. The number of fused-ring (bicyclic) bond motifs is 3. The first-order valence-electron chi connectivity index (χ1n) is 14.3. The van der Waals surface area contributed by atoms with Gasteiger partial charge < -0.3 is 34.1 Å². The van der Waals surface area contributed by atoms with E-state index in [-0.39, 0.29) is 29.8 Å². The van der Waals surface area contributed by atoms with E-state index in [0.717, 1.165) is 22.0 Å². The van der Waals surface area contributed by atoms with Crippen molar-refractivity contribution in [2.45, 2.75) is 70.7 Å². The van der Waals surface area contributed by atoms with Crippen molar-refractivity contribution in [2.24, 2.45) is 0 Å². The normalized spacial score (nSPS) is 21.8. The van der Waals surface area contributed by atoms with Gasteiger partial charge in [0.15, 0.2) is 0 Å². The second kappa shape index (κ2) is 10.6. The molecule has 1 fully saturated rings. The first-order valence-corrected chi connectivity index (χ1v) is 14.3. The van der Waals surface area contributed by atoms with Crippen molar-refractivity contribution in [2.75, 3.05) is 13.7 Å². The molecule has 9 nitrogen and oxygen atoms in total. The van der Waals surface area contributed by atoms with Crippen LogP contribution in [0.4, 0.5) is 0 Å². The molecule has 3 heterocycles. The molecule has 42 heavy (non-hydrogen) atoms. The van der Waals surface area contributed by atoms with E-state index in [0.29, 0.717) is 59.4 Å². The lowest BCUT2D eigenvalue weighted by Gasteiger charge is -2.30. The molecule has 0 radical (unpaired) electrons. The topological polar surface area (TPSA) is 127 Å². The summed E-state index contributed by atoms with van der Waals surface area (Å²) in [5, 5.41) is 22.4. The van der Waals surface area contributed by atoms with Gasteiger partial charge in [0.2, 0.25) is 5.76 Å². The minimum atomic E-state index is -1.16. The number of nitrogens with one attached hydrogen (secondary N) is 1. The van der Waals surface area contributed by atoms with Crippen LogP contribution in [-0.2, 0) is 27.4 Å². The van der Waals surface area contributed by atoms with E-state index in [1.54, 1.807) is 34.0 Å². The molecule has 0 amide bonds. The van der Waals surface area contributed by atoms with Crippen molar-refractivity contribution in [1.82, 2.24) is 4.98 Å². The molecule has 1 saturated carbocycles. The second-order valence-corrected chi connectivity index (χ2v) is 11.5. The molecular weight excluding hydrogens is 538 g/mol. The van der Waals surface area contributed by atoms with E-state index in [1.807, 2.05) is 30.5 Å². The second-order valence-electron chi connectivity index (χ2n) is 11.5. The summed E-state index contributed by atoms with van der Waals surface area (Å²) in [6.07, 6.45) is 4.62. The van der Waals surface area contributed by atoms with Gasteiger partial charge in [0.05, 0.1) is 37.1 Å². The fourth-order valence-electron chi connectivity index (χ4n) is 6.28. The molecule has 0 spiro atoms. The Morgan fingerprint density at radius 3 is 2.69 bits per heavy atom. The molecule has 3 aliphatic rings. The number of benzene rings is 2. The number of allylic oxidation sites excluding steroid dienone is 3. The van der Waals surface area contributed by atoms with Crippen molar-refractivity contribution in [3.05, 3.63) is 70.1 Å². The molecular formula is C33H35NO8. The minimum Gasteiger partial charge on any atom is -0.496 e. The number of hydrogen-bond acceptors (Lipinski definition) is 8. The number of carbonyl (C=O) groups excluding carboxylic acids is 2. The van der Waals surface area contributed by atoms with Crippen LogP contribution in [0.15, 0.2) is 47.9 Å². The Kier molecular flexibility index (Phi) is 7.11. The number of Topliss-reactive ketones (excluding diaryl/α,β-unsaturated/α-hetero) is 1. The zero-order chi connectivity index (χ0) is 29.8. The van der Waals surface area contributed by atoms with Crippen molar-refractivity contribution < 1.29 is 38.7 Å². The van der Waals surface area contributed by atoms with Gasteiger partial charge in [-0.15, -0.1) is 0 Å². The number of esters is 1. The minimum absolute atomic E-state index is 0.0252. The van der Waals surface area contributed by atoms with Crippen molar-refractivity contribution >= 4 is 28.2 Å². The third kappa shape index (κ3) is 4.66. The van der Waals surface area contributed by atoms with E-state index >= 15 is 0 Å². The summed E-state index contributed by atoms with van der Waals surface area (Å²) in [6.45, 7) is 4.79. The molecule has 3 aromatic rings. The molecule has 2 atom stereocenters. The molecule has 3 N–H and O–H groups in total. The predicted molar refractivity (Wildman–Crippen MR) is 155 cm³/mol. The number of aliphatic hydroxyl groups excluding tert-OH is 1. The maximum atomic E-state index is 13.3. The molecule has 0 bridgehead atoms. The molecule has 1 aliphatic carbocycles. The first kappa shape index (κ1) is 28.1. The maximum absolute atomic E-state index is 13.3. The van der Waals surface area contributed by atoms with E-state index < -0.39 is 24.3 Å². The van der Waals surface area contributed by atoms with Crippen LogP contribution in [0.3, 0.4) is 0 Å². The SMILES string of the molecule is CCOC(=O)C1=C/C(=C2\CCC(=O)[C@H](c3ccc4[nH]ccc4c3)C2)c2c(OC)c3c(c(CO)c2O1)O[C@H](C(C)(C)O)C3. The van der Waals surface area contributed by atoms with Gasteiger partial charge in [0.1, 0.15) is 29.1 Å². The van der Waals surface area contributed by atoms with Gasteiger partial charge in [-0.1, -0.05) is 11.6 Å². The van der Waals surface area contributed by atoms with Crippen LogP contribution in [0.5, 0.6) is 17.2 Å². The highest BCUT2D eigenvalue weighted by Crippen LogP contribution is 2.55. The fraction of sp³-hybridized carbons (Fsp3) is 0.394. The lowest BCUT2D eigenvalue weighted by atomic mass is 9.76. The van der Waals surface area contributed by atoms with Gasteiger partial charge in [-0.05, 0) is 74.4 Å². The van der Waals surface area contributed by atoms with Crippen LogP contribution in [-0.4, -0.2) is 52.4 Å². The van der Waals surface area contributed by atoms with Crippen LogP contribution in [0.2, 0.25) is 0 Å². The first-order chi connectivity index (χ1) is 20.1.